The molecule has 0 aliphatic carbocycles. The zero-order valence-corrected chi connectivity index (χ0v) is 13.7. The van der Waals surface area contributed by atoms with E-state index in [0.29, 0.717) is 21.6 Å². The Kier molecular flexibility index (Phi) is 3.96. The van der Waals surface area contributed by atoms with Crippen LogP contribution >= 0.6 is 11.3 Å². The molecule has 7 heteroatoms. The summed E-state index contributed by atoms with van der Waals surface area (Å²) in [4.78, 5) is 37.0. The lowest BCUT2D eigenvalue weighted by Gasteiger charge is -2.12. The quantitative estimate of drug-likeness (QED) is 0.747. The molecule has 0 saturated carbocycles. The molecule has 0 amide bonds. The number of H-pyrrole nitrogens is 1. The molecule has 3 aromatic rings. The number of hydrogen-bond donors (Lipinski definition) is 1. The second kappa shape index (κ2) is 5.92. The normalized spacial score (nSPS) is 12.3. The number of nitrogens with one attached hydrogen (secondary N) is 1. The van der Waals surface area contributed by atoms with Crippen LogP contribution in [0.2, 0.25) is 0 Å². The molecule has 6 nitrogen and oxygen atoms in total. The molecule has 23 heavy (non-hydrogen) atoms. The minimum atomic E-state index is -0.664. The van der Waals surface area contributed by atoms with Crippen LogP contribution < -0.4 is 5.56 Å². The summed E-state index contributed by atoms with van der Waals surface area (Å²) in [6.45, 7) is 5.52. The average molecular weight is 329 g/mol. The van der Waals surface area contributed by atoms with E-state index in [1.807, 2.05) is 13.8 Å². The summed E-state index contributed by atoms with van der Waals surface area (Å²) < 4.78 is 5.36. The van der Waals surface area contributed by atoms with Crippen molar-refractivity contribution in [2.45, 2.75) is 26.9 Å². The maximum atomic E-state index is 12.3. The van der Waals surface area contributed by atoms with Crippen LogP contribution in [0, 0.1) is 13.8 Å². The minimum absolute atomic E-state index is 0.212. The second-order valence-electron chi connectivity index (χ2n) is 5.20. The molecular weight excluding hydrogens is 314 g/mol. The molecule has 0 saturated heterocycles. The highest BCUT2D eigenvalue weighted by Gasteiger charge is 2.19. The number of aromatic amines is 1. The molecule has 0 radical (unpaired) electrons. The highest BCUT2D eigenvalue weighted by atomic mass is 32.1. The third kappa shape index (κ3) is 2.87. The molecule has 3 rings (SSSR count). The van der Waals surface area contributed by atoms with Crippen molar-refractivity contribution in [1.29, 1.82) is 0 Å². The van der Waals surface area contributed by atoms with Gasteiger partial charge in [0.1, 0.15) is 4.83 Å². The van der Waals surface area contributed by atoms with Gasteiger partial charge in [-0.1, -0.05) is 0 Å². The van der Waals surface area contributed by atoms with Gasteiger partial charge >= 0.3 is 5.97 Å². The Hall–Kier alpha value is -2.54. The van der Waals surface area contributed by atoms with Crippen LogP contribution in [0.15, 0.2) is 29.3 Å². The van der Waals surface area contributed by atoms with Gasteiger partial charge in [0.2, 0.25) is 0 Å². The van der Waals surface area contributed by atoms with Crippen LogP contribution in [0.4, 0.5) is 0 Å². The van der Waals surface area contributed by atoms with E-state index in [4.69, 9.17) is 4.74 Å². The first kappa shape index (κ1) is 15.4. The number of aromatic nitrogens is 3. The Balaban J connectivity index is 1.91. The van der Waals surface area contributed by atoms with Crippen molar-refractivity contribution in [2.24, 2.45) is 0 Å². The first-order valence-electron chi connectivity index (χ1n) is 7.08. The van der Waals surface area contributed by atoms with Crippen molar-refractivity contribution in [1.82, 2.24) is 15.0 Å². The van der Waals surface area contributed by atoms with Gasteiger partial charge in [0.15, 0.2) is 11.9 Å². The number of esters is 1. The van der Waals surface area contributed by atoms with Gasteiger partial charge in [-0.15, -0.1) is 11.3 Å². The van der Waals surface area contributed by atoms with Gasteiger partial charge in [-0.3, -0.25) is 9.78 Å². The van der Waals surface area contributed by atoms with Gasteiger partial charge in [0.05, 0.1) is 10.9 Å². The molecule has 3 heterocycles. The number of rotatable bonds is 3. The summed E-state index contributed by atoms with van der Waals surface area (Å²) >= 11 is 1.46. The van der Waals surface area contributed by atoms with Crippen molar-refractivity contribution in [3.63, 3.8) is 0 Å². The summed E-state index contributed by atoms with van der Waals surface area (Å²) in [7, 11) is 0. The molecule has 3 aromatic heterocycles. The van der Waals surface area contributed by atoms with Crippen molar-refractivity contribution in [2.75, 3.05) is 0 Å². The molecule has 0 unspecified atom stereocenters. The summed E-state index contributed by atoms with van der Waals surface area (Å²) in [5, 5.41) is 0.599. The first-order chi connectivity index (χ1) is 11.0. The van der Waals surface area contributed by atoms with E-state index in [9.17, 15) is 9.59 Å². The molecule has 1 N–H and O–H groups in total. The van der Waals surface area contributed by atoms with Gasteiger partial charge in [-0.2, -0.15) is 0 Å². The number of aryl methyl sites for hydroxylation is 2. The predicted octanol–water partition coefficient (Wildman–Crippen LogP) is 2.91. The maximum absolute atomic E-state index is 12.3. The lowest BCUT2D eigenvalue weighted by molar-refractivity contribution is 0.0319. The lowest BCUT2D eigenvalue weighted by Crippen LogP contribution is -2.17. The number of thiophene rings is 1. The van der Waals surface area contributed by atoms with Gasteiger partial charge in [-0.05, 0) is 38.5 Å². The Morgan fingerprint density at radius 1 is 1.39 bits per heavy atom. The smallest absolute Gasteiger partial charge is 0.340 e. The van der Waals surface area contributed by atoms with Gasteiger partial charge in [-0.25, -0.2) is 9.78 Å². The minimum Gasteiger partial charge on any atom is -0.451 e. The van der Waals surface area contributed by atoms with E-state index in [0.717, 1.165) is 10.4 Å². The fourth-order valence-electron chi connectivity index (χ4n) is 2.23. The fraction of sp³-hybridized carbons (Fsp3) is 0.250. The van der Waals surface area contributed by atoms with Crippen LogP contribution in [0.1, 0.15) is 39.7 Å². The number of pyridine rings is 1. The fourth-order valence-corrected chi connectivity index (χ4v) is 3.27. The Morgan fingerprint density at radius 3 is 2.87 bits per heavy atom. The molecule has 0 spiro atoms. The third-order valence-corrected chi connectivity index (χ3v) is 4.72. The zero-order chi connectivity index (χ0) is 16.6. The summed E-state index contributed by atoms with van der Waals surface area (Å²) in [6, 6.07) is 3.28. The van der Waals surface area contributed by atoms with Crippen LogP contribution in [-0.2, 0) is 4.74 Å². The Labute approximate surface area is 136 Å². The molecular formula is C16H15N3O3S. The van der Waals surface area contributed by atoms with E-state index >= 15 is 0 Å². The number of nitrogens with zero attached hydrogens (tertiary/aromatic N) is 2. The van der Waals surface area contributed by atoms with Crippen LogP contribution in [0.25, 0.3) is 10.2 Å². The molecule has 0 bridgehead atoms. The standard InChI is InChI=1S/C16H15N3O3S/c1-8-10(3)23-15-12(8)14(20)18-13(19-15)9(2)22-16(21)11-5-4-6-17-7-11/h4-7,9H,1-3H3,(H,18,19,20)/t9-/m0/s1. The topological polar surface area (TPSA) is 84.9 Å². The zero-order valence-electron chi connectivity index (χ0n) is 12.9. The molecule has 0 fully saturated rings. The van der Waals surface area contributed by atoms with E-state index < -0.39 is 12.1 Å². The van der Waals surface area contributed by atoms with Crippen molar-refractivity contribution >= 4 is 27.5 Å². The molecule has 118 valence electrons. The summed E-state index contributed by atoms with van der Waals surface area (Å²) in [5.41, 5.74) is 1.08. The maximum Gasteiger partial charge on any atom is 0.340 e. The number of hydrogen-bond acceptors (Lipinski definition) is 6. The number of fused-ring (bicyclic) bond motifs is 1. The Morgan fingerprint density at radius 2 is 2.17 bits per heavy atom. The highest BCUT2D eigenvalue weighted by molar-refractivity contribution is 7.18. The van der Waals surface area contributed by atoms with Gasteiger partial charge in [0.25, 0.3) is 5.56 Å². The largest absolute Gasteiger partial charge is 0.451 e. The van der Waals surface area contributed by atoms with E-state index in [1.165, 1.54) is 17.5 Å². The molecule has 0 aliphatic heterocycles. The first-order valence-corrected chi connectivity index (χ1v) is 7.90. The van der Waals surface area contributed by atoms with Crippen molar-refractivity contribution in [3.8, 4) is 0 Å². The average Bonchev–Trinajstić information content (AvgIpc) is 2.83. The molecule has 0 aliphatic rings. The van der Waals surface area contributed by atoms with E-state index in [1.54, 1.807) is 25.3 Å². The van der Waals surface area contributed by atoms with Crippen molar-refractivity contribution < 1.29 is 9.53 Å². The lowest BCUT2D eigenvalue weighted by atomic mass is 10.2. The van der Waals surface area contributed by atoms with E-state index in [-0.39, 0.29) is 5.56 Å². The predicted molar refractivity (Wildman–Crippen MR) is 87.8 cm³/mol. The third-order valence-electron chi connectivity index (χ3n) is 3.62. The number of ether oxygens (including phenoxy) is 1. The summed E-state index contributed by atoms with van der Waals surface area (Å²) in [6.07, 6.45) is 2.34. The van der Waals surface area contributed by atoms with Crippen molar-refractivity contribution in [3.05, 3.63) is 56.7 Å². The molecule has 1 atom stereocenters. The highest BCUT2D eigenvalue weighted by Crippen LogP contribution is 2.27. The SMILES string of the molecule is Cc1sc2nc([C@H](C)OC(=O)c3cccnc3)[nH]c(=O)c2c1C. The summed E-state index contributed by atoms with van der Waals surface area (Å²) in [5.74, 6) is -0.173. The number of carbonyl (C=O) groups is 1. The van der Waals surface area contributed by atoms with Crippen LogP contribution in [0.5, 0.6) is 0 Å². The Bertz CT molecular complexity index is 931. The van der Waals surface area contributed by atoms with Crippen LogP contribution in [0.3, 0.4) is 0 Å². The van der Waals surface area contributed by atoms with Crippen LogP contribution in [-0.4, -0.2) is 20.9 Å². The monoisotopic (exact) mass is 329 g/mol. The number of carbonyl (C=O) groups excluding carboxylic acids is 1. The molecule has 0 aromatic carbocycles. The second-order valence-corrected chi connectivity index (χ2v) is 6.41. The van der Waals surface area contributed by atoms with E-state index in [2.05, 4.69) is 15.0 Å². The van der Waals surface area contributed by atoms with Gasteiger partial charge in [0, 0.05) is 17.3 Å². The van der Waals surface area contributed by atoms with Gasteiger partial charge < -0.3 is 9.72 Å².